The summed E-state index contributed by atoms with van der Waals surface area (Å²) in [6, 6.07) is 14.3. The number of halogens is 2. The van der Waals surface area contributed by atoms with Gasteiger partial charge in [0.1, 0.15) is 0 Å². The van der Waals surface area contributed by atoms with Crippen molar-refractivity contribution in [3.8, 4) is 0 Å². The molecule has 0 bridgehead atoms. The van der Waals surface area contributed by atoms with Gasteiger partial charge < -0.3 is 10.6 Å². The van der Waals surface area contributed by atoms with Crippen LogP contribution in [0.3, 0.4) is 0 Å². The first-order chi connectivity index (χ1) is 11.0. The van der Waals surface area contributed by atoms with Gasteiger partial charge in [-0.3, -0.25) is 9.59 Å². The monoisotopic (exact) mass is 442 g/mol. The maximum Gasteiger partial charge on any atom is 0.252 e. The smallest absolute Gasteiger partial charge is 0.252 e. The molecule has 0 saturated carbocycles. The van der Waals surface area contributed by atoms with Crippen LogP contribution in [0.25, 0.3) is 0 Å². The zero-order chi connectivity index (χ0) is 16.8. The second-order valence-electron chi connectivity index (χ2n) is 5.00. The first-order valence-electron chi connectivity index (χ1n) is 7.05. The first kappa shape index (κ1) is 17.7. The number of amides is 2. The summed E-state index contributed by atoms with van der Waals surface area (Å²) < 4.78 is 0.845. The molecule has 2 N–H and O–H groups in total. The standard InChI is InChI=1S/C17H16ClIN2O2/c1-11(12-6-8-13(18)9-7-12)21-16(22)10-20-17(23)14-4-2-3-5-15(14)19/h2-9,11H,10H2,1H3,(H,20,23)(H,21,22)/t11-/m0/s1. The molecule has 0 spiro atoms. The molecule has 120 valence electrons. The van der Waals surface area contributed by atoms with Crippen molar-refractivity contribution in [2.45, 2.75) is 13.0 Å². The Labute approximate surface area is 153 Å². The van der Waals surface area contributed by atoms with Gasteiger partial charge in [-0.25, -0.2) is 0 Å². The quantitative estimate of drug-likeness (QED) is 0.696. The molecule has 2 aromatic rings. The summed E-state index contributed by atoms with van der Waals surface area (Å²) in [5.41, 5.74) is 1.51. The molecular formula is C17H16ClIN2O2. The summed E-state index contributed by atoms with van der Waals surface area (Å²) in [7, 11) is 0. The Balaban J connectivity index is 1.86. The normalized spacial score (nSPS) is 11.6. The van der Waals surface area contributed by atoms with Gasteiger partial charge in [0.05, 0.1) is 18.2 Å². The van der Waals surface area contributed by atoms with Crippen LogP contribution < -0.4 is 10.6 Å². The minimum absolute atomic E-state index is 0.0677. The third kappa shape index (κ3) is 5.21. The van der Waals surface area contributed by atoms with Crippen molar-refractivity contribution in [3.63, 3.8) is 0 Å². The van der Waals surface area contributed by atoms with Gasteiger partial charge in [-0.05, 0) is 59.3 Å². The van der Waals surface area contributed by atoms with E-state index in [9.17, 15) is 9.59 Å². The van der Waals surface area contributed by atoms with E-state index in [1.54, 1.807) is 24.3 Å². The summed E-state index contributed by atoms with van der Waals surface area (Å²) >= 11 is 7.93. The van der Waals surface area contributed by atoms with E-state index in [4.69, 9.17) is 11.6 Å². The van der Waals surface area contributed by atoms with Crippen LogP contribution in [0.5, 0.6) is 0 Å². The van der Waals surface area contributed by atoms with Crippen LogP contribution >= 0.6 is 34.2 Å². The molecular weight excluding hydrogens is 427 g/mol. The first-order valence-corrected chi connectivity index (χ1v) is 8.50. The van der Waals surface area contributed by atoms with Crippen molar-refractivity contribution in [1.82, 2.24) is 10.6 Å². The highest BCUT2D eigenvalue weighted by molar-refractivity contribution is 14.1. The molecule has 6 heteroatoms. The third-order valence-corrected chi connectivity index (χ3v) is 4.47. The Morgan fingerprint density at radius 1 is 1.13 bits per heavy atom. The van der Waals surface area contributed by atoms with E-state index >= 15 is 0 Å². The lowest BCUT2D eigenvalue weighted by molar-refractivity contribution is -0.120. The number of nitrogens with one attached hydrogen (secondary N) is 2. The molecule has 0 unspecified atom stereocenters. The number of hydrogen-bond acceptors (Lipinski definition) is 2. The largest absolute Gasteiger partial charge is 0.348 e. The van der Waals surface area contributed by atoms with E-state index in [1.807, 2.05) is 31.2 Å². The average molecular weight is 443 g/mol. The van der Waals surface area contributed by atoms with Crippen LogP contribution in [0.4, 0.5) is 0 Å². The molecule has 0 aliphatic heterocycles. The van der Waals surface area contributed by atoms with Crippen LogP contribution in [-0.4, -0.2) is 18.4 Å². The van der Waals surface area contributed by atoms with E-state index in [-0.39, 0.29) is 24.4 Å². The minimum atomic E-state index is -0.260. The Kier molecular flexibility index (Phi) is 6.41. The molecule has 23 heavy (non-hydrogen) atoms. The molecule has 2 aromatic carbocycles. The van der Waals surface area contributed by atoms with E-state index in [0.29, 0.717) is 10.6 Å². The fourth-order valence-corrected chi connectivity index (χ4v) is 2.79. The van der Waals surface area contributed by atoms with Crippen LogP contribution in [0, 0.1) is 3.57 Å². The molecule has 0 saturated heterocycles. The fourth-order valence-electron chi connectivity index (χ4n) is 2.03. The number of hydrogen-bond donors (Lipinski definition) is 2. The predicted octanol–water partition coefficient (Wildman–Crippen LogP) is 3.55. The maximum absolute atomic E-state index is 12.1. The number of carbonyl (C=O) groups is 2. The topological polar surface area (TPSA) is 58.2 Å². The molecule has 0 fully saturated rings. The predicted molar refractivity (Wildman–Crippen MR) is 99.5 cm³/mol. The second kappa shape index (κ2) is 8.31. The maximum atomic E-state index is 12.1. The SMILES string of the molecule is C[C@H](NC(=O)CNC(=O)c1ccccc1I)c1ccc(Cl)cc1. The lowest BCUT2D eigenvalue weighted by Gasteiger charge is -2.15. The van der Waals surface area contributed by atoms with Crippen molar-refractivity contribution in [1.29, 1.82) is 0 Å². The molecule has 4 nitrogen and oxygen atoms in total. The fraction of sp³-hybridized carbons (Fsp3) is 0.176. The molecule has 1 atom stereocenters. The summed E-state index contributed by atoms with van der Waals surface area (Å²) in [6.07, 6.45) is 0. The van der Waals surface area contributed by atoms with Crippen molar-refractivity contribution in [2.75, 3.05) is 6.54 Å². The highest BCUT2D eigenvalue weighted by Crippen LogP contribution is 2.16. The lowest BCUT2D eigenvalue weighted by Crippen LogP contribution is -2.38. The van der Waals surface area contributed by atoms with Gasteiger partial charge in [0, 0.05) is 8.59 Å². The zero-order valence-corrected chi connectivity index (χ0v) is 15.4. The molecule has 0 heterocycles. The Morgan fingerprint density at radius 2 is 1.78 bits per heavy atom. The van der Waals surface area contributed by atoms with E-state index in [0.717, 1.165) is 9.13 Å². The van der Waals surface area contributed by atoms with E-state index in [2.05, 4.69) is 33.2 Å². The van der Waals surface area contributed by atoms with E-state index < -0.39 is 0 Å². The minimum Gasteiger partial charge on any atom is -0.348 e. The van der Waals surface area contributed by atoms with Gasteiger partial charge in [0.15, 0.2) is 0 Å². The van der Waals surface area contributed by atoms with Crippen LogP contribution in [0.15, 0.2) is 48.5 Å². The number of carbonyl (C=O) groups excluding carboxylic acids is 2. The van der Waals surface area contributed by atoms with E-state index in [1.165, 1.54) is 0 Å². The van der Waals surface area contributed by atoms with Gasteiger partial charge in [-0.2, -0.15) is 0 Å². The summed E-state index contributed by atoms with van der Waals surface area (Å²) in [6.45, 7) is 1.81. The van der Waals surface area contributed by atoms with Crippen molar-refractivity contribution < 1.29 is 9.59 Å². The summed E-state index contributed by atoms with van der Waals surface area (Å²) in [5, 5.41) is 6.12. The Morgan fingerprint density at radius 3 is 2.43 bits per heavy atom. The van der Waals surface area contributed by atoms with Crippen LogP contribution in [0.1, 0.15) is 28.9 Å². The van der Waals surface area contributed by atoms with Crippen molar-refractivity contribution >= 4 is 46.0 Å². The van der Waals surface area contributed by atoms with Crippen molar-refractivity contribution in [3.05, 3.63) is 68.3 Å². The van der Waals surface area contributed by atoms with Gasteiger partial charge in [-0.1, -0.05) is 35.9 Å². The second-order valence-corrected chi connectivity index (χ2v) is 6.60. The third-order valence-electron chi connectivity index (χ3n) is 3.28. The van der Waals surface area contributed by atoms with Gasteiger partial charge in [0.2, 0.25) is 5.91 Å². The summed E-state index contributed by atoms with van der Waals surface area (Å²) in [4.78, 5) is 24.0. The summed E-state index contributed by atoms with van der Waals surface area (Å²) in [5.74, 6) is -0.504. The molecule has 2 amide bonds. The lowest BCUT2D eigenvalue weighted by atomic mass is 10.1. The molecule has 2 rings (SSSR count). The van der Waals surface area contributed by atoms with Crippen LogP contribution in [-0.2, 0) is 4.79 Å². The zero-order valence-electron chi connectivity index (χ0n) is 12.5. The Hall–Kier alpha value is -1.60. The number of benzene rings is 2. The van der Waals surface area contributed by atoms with Gasteiger partial charge >= 0.3 is 0 Å². The molecule has 0 aliphatic rings. The van der Waals surface area contributed by atoms with Gasteiger partial charge in [-0.15, -0.1) is 0 Å². The molecule has 0 radical (unpaired) electrons. The number of rotatable bonds is 5. The highest BCUT2D eigenvalue weighted by atomic mass is 127. The molecule has 0 aromatic heterocycles. The Bertz CT molecular complexity index is 704. The molecule has 0 aliphatic carbocycles. The van der Waals surface area contributed by atoms with Crippen molar-refractivity contribution in [2.24, 2.45) is 0 Å². The van der Waals surface area contributed by atoms with Gasteiger partial charge in [0.25, 0.3) is 5.91 Å². The average Bonchev–Trinajstić information content (AvgIpc) is 2.53. The van der Waals surface area contributed by atoms with Crippen LogP contribution in [0.2, 0.25) is 5.02 Å². The highest BCUT2D eigenvalue weighted by Gasteiger charge is 2.13.